The summed E-state index contributed by atoms with van der Waals surface area (Å²) in [6, 6.07) is -1.33. The summed E-state index contributed by atoms with van der Waals surface area (Å²) in [6.07, 6.45) is -0.388. The number of ether oxygens (including phenoxy) is 1. The topological polar surface area (TPSA) is 105 Å². The van der Waals surface area contributed by atoms with Gasteiger partial charge in [-0.1, -0.05) is 0 Å². The number of hydrogen-bond acceptors (Lipinski definition) is 6. The van der Waals surface area contributed by atoms with Crippen molar-refractivity contribution in [1.29, 1.82) is 0 Å². The standard InChI is InChI=1S/C12H22N2O5/c1-7(15)9(13-3)5-6-10(16)19-8(2)11(14-4)12(17)18/h8-9,11,13-14H,5-6H2,1-4H3,(H,17,18). The number of carboxylic acids is 1. The molecule has 19 heavy (non-hydrogen) atoms. The fourth-order valence-electron chi connectivity index (χ4n) is 1.71. The van der Waals surface area contributed by atoms with Crippen molar-refractivity contribution in [2.24, 2.45) is 0 Å². The summed E-state index contributed by atoms with van der Waals surface area (Å²) in [5.41, 5.74) is 0. The van der Waals surface area contributed by atoms with Crippen molar-refractivity contribution in [3.63, 3.8) is 0 Å². The van der Waals surface area contributed by atoms with Gasteiger partial charge in [0.1, 0.15) is 17.9 Å². The Kier molecular flexibility index (Phi) is 7.94. The molecule has 0 saturated heterocycles. The molecule has 0 saturated carbocycles. The molecule has 0 aliphatic rings. The van der Waals surface area contributed by atoms with Crippen LogP contribution in [0.3, 0.4) is 0 Å². The number of Topliss-reactive ketones (excluding diaryl/α,β-unsaturated/α-hetero) is 1. The highest BCUT2D eigenvalue weighted by atomic mass is 16.5. The summed E-state index contributed by atoms with van der Waals surface area (Å²) in [4.78, 5) is 33.6. The van der Waals surface area contributed by atoms with E-state index >= 15 is 0 Å². The molecule has 0 heterocycles. The highest BCUT2D eigenvalue weighted by Crippen LogP contribution is 2.05. The fourth-order valence-corrected chi connectivity index (χ4v) is 1.71. The number of rotatable bonds is 9. The van der Waals surface area contributed by atoms with Crippen LogP contribution < -0.4 is 10.6 Å². The van der Waals surface area contributed by atoms with E-state index in [9.17, 15) is 14.4 Å². The smallest absolute Gasteiger partial charge is 0.324 e. The monoisotopic (exact) mass is 274 g/mol. The van der Waals surface area contributed by atoms with Gasteiger partial charge in [-0.2, -0.15) is 0 Å². The zero-order valence-corrected chi connectivity index (χ0v) is 11.7. The Morgan fingerprint density at radius 3 is 2.16 bits per heavy atom. The molecule has 0 bridgehead atoms. The van der Waals surface area contributed by atoms with Gasteiger partial charge in [0.2, 0.25) is 0 Å². The first kappa shape index (κ1) is 17.5. The molecule has 0 aromatic rings. The lowest BCUT2D eigenvalue weighted by atomic mass is 10.1. The molecule has 3 unspecified atom stereocenters. The Labute approximate surface area is 112 Å². The number of likely N-dealkylation sites (N-methyl/N-ethyl adjacent to an activating group) is 2. The van der Waals surface area contributed by atoms with E-state index in [0.29, 0.717) is 6.42 Å². The minimum absolute atomic E-state index is 0.0537. The molecular formula is C12H22N2O5. The summed E-state index contributed by atoms with van der Waals surface area (Å²) in [5, 5.41) is 14.2. The van der Waals surface area contributed by atoms with Crippen molar-refractivity contribution in [1.82, 2.24) is 10.6 Å². The summed E-state index contributed by atoms with van der Waals surface area (Å²) < 4.78 is 5.02. The normalized spacial score (nSPS) is 15.4. The minimum Gasteiger partial charge on any atom is -0.480 e. The lowest BCUT2D eigenvalue weighted by molar-refractivity contribution is -0.154. The average Bonchev–Trinajstić information content (AvgIpc) is 2.29. The maximum atomic E-state index is 11.6. The predicted octanol–water partition coefficient (Wildman–Crippen LogP) is -0.452. The third-order valence-electron chi connectivity index (χ3n) is 2.84. The van der Waals surface area contributed by atoms with Crippen molar-refractivity contribution in [2.75, 3.05) is 14.1 Å². The van der Waals surface area contributed by atoms with E-state index in [1.165, 1.54) is 20.9 Å². The summed E-state index contributed by atoms with van der Waals surface area (Å²) in [7, 11) is 3.12. The molecule has 0 rings (SSSR count). The second kappa shape index (κ2) is 8.60. The minimum atomic E-state index is -1.08. The van der Waals surface area contributed by atoms with Crippen LogP contribution in [0.1, 0.15) is 26.7 Å². The van der Waals surface area contributed by atoms with Crippen molar-refractivity contribution < 1.29 is 24.2 Å². The molecule has 3 N–H and O–H groups in total. The molecule has 0 amide bonds. The molecule has 110 valence electrons. The van der Waals surface area contributed by atoms with E-state index in [1.807, 2.05) is 0 Å². The SMILES string of the molecule is CNC(CCC(=O)OC(C)C(NC)C(=O)O)C(C)=O. The van der Waals surface area contributed by atoms with E-state index in [0.717, 1.165) is 0 Å². The van der Waals surface area contributed by atoms with Gasteiger partial charge in [0.15, 0.2) is 0 Å². The van der Waals surface area contributed by atoms with E-state index in [4.69, 9.17) is 9.84 Å². The molecule has 0 aromatic carbocycles. The fraction of sp³-hybridized carbons (Fsp3) is 0.750. The third kappa shape index (κ3) is 6.30. The number of carboxylic acid groups (broad SMARTS) is 1. The number of nitrogens with one attached hydrogen (secondary N) is 2. The molecule has 0 aliphatic heterocycles. The molecule has 7 nitrogen and oxygen atoms in total. The van der Waals surface area contributed by atoms with Crippen LogP contribution in [0.25, 0.3) is 0 Å². The molecule has 7 heteroatoms. The zero-order chi connectivity index (χ0) is 15.0. The van der Waals surface area contributed by atoms with Crippen molar-refractivity contribution >= 4 is 17.7 Å². The van der Waals surface area contributed by atoms with Gasteiger partial charge in [-0.3, -0.25) is 14.4 Å². The van der Waals surface area contributed by atoms with Crippen LogP contribution in [-0.4, -0.2) is 55.1 Å². The van der Waals surface area contributed by atoms with Gasteiger partial charge in [0, 0.05) is 6.42 Å². The van der Waals surface area contributed by atoms with Crippen LogP contribution in [0, 0.1) is 0 Å². The van der Waals surface area contributed by atoms with Crippen molar-refractivity contribution in [3.8, 4) is 0 Å². The number of carbonyl (C=O) groups excluding carboxylic acids is 2. The van der Waals surface area contributed by atoms with Crippen LogP contribution in [0.4, 0.5) is 0 Å². The van der Waals surface area contributed by atoms with Gasteiger partial charge in [-0.15, -0.1) is 0 Å². The highest BCUT2D eigenvalue weighted by Gasteiger charge is 2.26. The van der Waals surface area contributed by atoms with E-state index in [2.05, 4.69) is 10.6 Å². The van der Waals surface area contributed by atoms with Gasteiger partial charge < -0.3 is 20.5 Å². The molecule has 0 spiro atoms. The van der Waals surface area contributed by atoms with Gasteiger partial charge in [0.05, 0.1) is 6.04 Å². The zero-order valence-electron chi connectivity index (χ0n) is 11.7. The molecular weight excluding hydrogens is 252 g/mol. The van der Waals surface area contributed by atoms with E-state index in [-0.39, 0.29) is 18.2 Å². The molecule has 0 radical (unpaired) electrons. The number of esters is 1. The Hall–Kier alpha value is -1.47. The maximum absolute atomic E-state index is 11.6. The van der Waals surface area contributed by atoms with Crippen LogP contribution in [0.2, 0.25) is 0 Å². The number of carbonyl (C=O) groups is 3. The molecule has 0 aromatic heterocycles. The second-order valence-corrected chi connectivity index (χ2v) is 4.29. The van der Waals surface area contributed by atoms with Gasteiger partial charge in [0.25, 0.3) is 0 Å². The van der Waals surface area contributed by atoms with Crippen molar-refractivity contribution in [2.45, 2.75) is 44.9 Å². The first-order chi connectivity index (χ1) is 8.83. The third-order valence-corrected chi connectivity index (χ3v) is 2.84. The molecule has 0 fully saturated rings. The van der Waals surface area contributed by atoms with E-state index in [1.54, 1.807) is 7.05 Å². The Morgan fingerprint density at radius 1 is 1.21 bits per heavy atom. The van der Waals surface area contributed by atoms with Gasteiger partial charge in [-0.25, -0.2) is 0 Å². The lowest BCUT2D eigenvalue weighted by Gasteiger charge is -2.20. The summed E-state index contributed by atoms with van der Waals surface area (Å²) >= 11 is 0. The van der Waals surface area contributed by atoms with Crippen LogP contribution >= 0.6 is 0 Å². The number of ketones is 1. The lowest BCUT2D eigenvalue weighted by Crippen LogP contribution is -2.45. The number of aliphatic carboxylic acids is 1. The predicted molar refractivity (Wildman–Crippen MR) is 68.8 cm³/mol. The summed E-state index contributed by atoms with van der Waals surface area (Å²) in [6.45, 7) is 2.95. The Morgan fingerprint density at radius 2 is 1.79 bits per heavy atom. The maximum Gasteiger partial charge on any atom is 0.324 e. The first-order valence-electron chi connectivity index (χ1n) is 6.10. The number of hydrogen-bond donors (Lipinski definition) is 3. The average molecular weight is 274 g/mol. The van der Waals surface area contributed by atoms with Crippen LogP contribution in [0.5, 0.6) is 0 Å². The van der Waals surface area contributed by atoms with Gasteiger partial charge in [-0.05, 0) is 34.4 Å². The molecule has 3 atom stereocenters. The van der Waals surface area contributed by atoms with Crippen molar-refractivity contribution in [3.05, 3.63) is 0 Å². The van der Waals surface area contributed by atoms with Gasteiger partial charge >= 0.3 is 11.9 Å². The first-order valence-corrected chi connectivity index (χ1v) is 6.10. The van der Waals surface area contributed by atoms with Crippen LogP contribution in [0.15, 0.2) is 0 Å². The Balaban J connectivity index is 4.24. The Bertz CT molecular complexity index is 332. The second-order valence-electron chi connectivity index (χ2n) is 4.29. The highest BCUT2D eigenvalue weighted by molar-refractivity contribution is 5.82. The van der Waals surface area contributed by atoms with Crippen LogP contribution in [-0.2, 0) is 19.1 Å². The largest absolute Gasteiger partial charge is 0.480 e. The summed E-state index contributed by atoms with van der Waals surface area (Å²) in [5.74, 6) is -1.66. The molecule has 0 aliphatic carbocycles. The van der Waals surface area contributed by atoms with E-state index < -0.39 is 24.1 Å². The quantitative estimate of drug-likeness (QED) is 0.489.